The van der Waals surface area contributed by atoms with E-state index in [4.69, 9.17) is 5.26 Å². The monoisotopic (exact) mass is 322 g/mol. The predicted octanol–water partition coefficient (Wildman–Crippen LogP) is 2.85. The van der Waals surface area contributed by atoms with Crippen molar-refractivity contribution < 1.29 is 4.39 Å². The van der Waals surface area contributed by atoms with Gasteiger partial charge in [0.05, 0.1) is 21.9 Å². The summed E-state index contributed by atoms with van der Waals surface area (Å²) < 4.78 is 15.8. The number of rotatable bonds is 4. The van der Waals surface area contributed by atoms with Gasteiger partial charge >= 0.3 is 0 Å². The Bertz CT molecular complexity index is 630. The molecule has 0 aliphatic rings. The third-order valence-corrected chi connectivity index (χ3v) is 3.47. The van der Waals surface area contributed by atoms with Crippen LogP contribution >= 0.6 is 15.9 Å². The summed E-state index contributed by atoms with van der Waals surface area (Å²) in [7, 11) is 1.86. The van der Waals surface area contributed by atoms with Gasteiger partial charge in [-0.2, -0.15) is 10.4 Å². The fraction of sp³-hybridized carbons (Fsp3) is 0.231. The van der Waals surface area contributed by atoms with Crippen molar-refractivity contribution in [1.82, 2.24) is 9.78 Å². The summed E-state index contributed by atoms with van der Waals surface area (Å²) in [6.07, 6.45) is 4.46. The summed E-state index contributed by atoms with van der Waals surface area (Å²) >= 11 is 3.08. The first kappa shape index (κ1) is 13.6. The molecule has 6 heteroatoms. The van der Waals surface area contributed by atoms with Crippen LogP contribution in [0.25, 0.3) is 0 Å². The Morgan fingerprint density at radius 1 is 1.53 bits per heavy atom. The SMILES string of the molecule is Cn1cc(CCNc2ccc(C#N)c(Br)c2F)cn1. The average molecular weight is 323 g/mol. The molecule has 0 amide bonds. The summed E-state index contributed by atoms with van der Waals surface area (Å²) in [5, 5.41) is 15.9. The molecule has 0 saturated carbocycles. The van der Waals surface area contributed by atoms with Gasteiger partial charge in [-0.1, -0.05) is 0 Å². The smallest absolute Gasteiger partial charge is 0.161 e. The minimum atomic E-state index is -0.440. The molecule has 1 aromatic carbocycles. The third kappa shape index (κ3) is 3.12. The quantitative estimate of drug-likeness (QED) is 0.941. The first-order chi connectivity index (χ1) is 9.11. The van der Waals surface area contributed by atoms with Crippen LogP contribution < -0.4 is 5.32 Å². The first-order valence-electron chi connectivity index (χ1n) is 5.71. The number of aryl methyl sites for hydroxylation is 1. The van der Waals surface area contributed by atoms with Gasteiger partial charge in [0.25, 0.3) is 0 Å². The molecule has 0 aliphatic heterocycles. The Kier molecular flexibility index (Phi) is 4.17. The molecule has 0 spiro atoms. The number of anilines is 1. The lowest BCUT2D eigenvalue weighted by molar-refractivity contribution is 0.623. The van der Waals surface area contributed by atoms with Crippen molar-refractivity contribution in [3.63, 3.8) is 0 Å². The number of benzene rings is 1. The van der Waals surface area contributed by atoms with E-state index in [1.54, 1.807) is 23.0 Å². The molecule has 0 saturated heterocycles. The predicted molar refractivity (Wildman–Crippen MR) is 74.2 cm³/mol. The van der Waals surface area contributed by atoms with E-state index in [1.807, 2.05) is 19.3 Å². The topological polar surface area (TPSA) is 53.6 Å². The van der Waals surface area contributed by atoms with Gasteiger partial charge in [-0.3, -0.25) is 4.68 Å². The van der Waals surface area contributed by atoms with Crippen LogP contribution in [0.5, 0.6) is 0 Å². The van der Waals surface area contributed by atoms with Gasteiger partial charge in [0.2, 0.25) is 0 Å². The van der Waals surface area contributed by atoms with E-state index in [9.17, 15) is 4.39 Å². The van der Waals surface area contributed by atoms with E-state index in [0.717, 1.165) is 12.0 Å². The van der Waals surface area contributed by atoms with Crippen molar-refractivity contribution in [3.05, 3.63) is 45.9 Å². The van der Waals surface area contributed by atoms with Crippen molar-refractivity contribution in [2.45, 2.75) is 6.42 Å². The fourth-order valence-corrected chi connectivity index (χ4v) is 2.15. The fourth-order valence-electron chi connectivity index (χ4n) is 1.71. The zero-order chi connectivity index (χ0) is 13.8. The maximum Gasteiger partial charge on any atom is 0.161 e. The number of hydrogen-bond acceptors (Lipinski definition) is 3. The molecule has 0 unspecified atom stereocenters. The maximum atomic E-state index is 13.9. The normalized spacial score (nSPS) is 10.2. The molecule has 4 nitrogen and oxygen atoms in total. The number of nitriles is 1. The van der Waals surface area contributed by atoms with Gasteiger partial charge in [-0.25, -0.2) is 4.39 Å². The van der Waals surface area contributed by atoms with Crippen LogP contribution in [-0.2, 0) is 13.5 Å². The number of nitrogens with zero attached hydrogens (tertiary/aromatic N) is 3. The van der Waals surface area contributed by atoms with Crippen molar-refractivity contribution in [2.24, 2.45) is 7.05 Å². The van der Waals surface area contributed by atoms with Crippen molar-refractivity contribution in [1.29, 1.82) is 5.26 Å². The van der Waals surface area contributed by atoms with E-state index in [0.29, 0.717) is 12.2 Å². The van der Waals surface area contributed by atoms with E-state index in [-0.39, 0.29) is 10.0 Å². The van der Waals surface area contributed by atoms with Gasteiger partial charge in [0.1, 0.15) is 6.07 Å². The number of halogens is 2. The molecule has 98 valence electrons. The Morgan fingerprint density at radius 2 is 2.32 bits per heavy atom. The lowest BCUT2D eigenvalue weighted by Gasteiger charge is -2.08. The molecule has 1 heterocycles. The third-order valence-electron chi connectivity index (χ3n) is 2.69. The molecule has 19 heavy (non-hydrogen) atoms. The molecule has 0 bridgehead atoms. The molecule has 0 aliphatic carbocycles. The lowest BCUT2D eigenvalue weighted by Crippen LogP contribution is -2.06. The highest BCUT2D eigenvalue weighted by molar-refractivity contribution is 9.10. The van der Waals surface area contributed by atoms with Crippen LogP contribution in [0.15, 0.2) is 29.0 Å². The van der Waals surface area contributed by atoms with E-state index < -0.39 is 5.82 Å². The van der Waals surface area contributed by atoms with Crippen LogP contribution in [0.4, 0.5) is 10.1 Å². The van der Waals surface area contributed by atoms with Crippen molar-refractivity contribution in [2.75, 3.05) is 11.9 Å². The summed E-state index contributed by atoms with van der Waals surface area (Å²) in [6, 6.07) is 5.08. The Labute approximate surface area is 119 Å². The Morgan fingerprint density at radius 3 is 2.95 bits per heavy atom. The largest absolute Gasteiger partial charge is 0.382 e. The molecular formula is C13H12BrFN4. The van der Waals surface area contributed by atoms with Gasteiger partial charge in [0, 0.05) is 19.8 Å². The van der Waals surface area contributed by atoms with E-state index >= 15 is 0 Å². The van der Waals surface area contributed by atoms with Crippen LogP contribution in [-0.4, -0.2) is 16.3 Å². The highest BCUT2D eigenvalue weighted by Crippen LogP contribution is 2.26. The second-order valence-electron chi connectivity index (χ2n) is 4.10. The Balaban J connectivity index is 2.00. The molecule has 2 rings (SSSR count). The molecule has 0 fully saturated rings. The van der Waals surface area contributed by atoms with Crippen molar-refractivity contribution in [3.8, 4) is 6.07 Å². The van der Waals surface area contributed by atoms with Crippen molar-refractivity contribution >= 4 is 21.6 Å². The number of nitrogens with one attached hydrogen (secondary N) is 1. The first-order valence-corrected chi connectivity index (χ1v) is 6.50. The highest BCUT2D eigenvalue weighted by Gasteiger charge is 2.10. The van der Waals surface area contributed by atoms with Crippen LogP contribution in [0.3, 0.4) is 0 Å². The molecule has 1 N–H and O–H groups in total. The second kappa shape index (κ2) is 5.85. The van der Waals surface area contributed by atoms with Gasteiger partial charge in [-0.05, 0) is 40.0 Å². The zero-order valence-corrected chi connectivity index (χ0v) is 11.9. The van der Waals surface area contributed by atoms with E-state index in [2.05, 4.69) is 26.3 Å². The number of hydrogen-bond donors (Lipinski definition) is 1. The van der Waals surface area contributed by atoms with Crippen LogP contribution in [0.2, 0.25) is 0 Å². The molecule has 1 aromatic heterocycles. The zero-order valence-electron chi connectivity index (χ0n) is 10.3. The lowest BCUT2D eigenvalue weighted by atomic mass is 10.2. The van der Waals surface area contributed by atoms with Gasteiger partial charge in [0.15, 0.2) is 5.82 Å². The minimum absolute atomic E-state index is 0.196. The van der Waals surface area contributed by atoms with Crippen LogP contribution in [0.1, 0.15) is 11.1 Å². The van der Waals surface area contributed by atoms with Gasteiger partial charge in [-0.15, -0.1) is 0 Å². The summed E-state index contributed by atoms with van der Waals surface area (Å²) in [5.41, 5.74) is 1.76. The van der Waals surface area contributed by atoms with Crippen LogP contribution in [0, 0.1) is 17.1 Å². The summed E-state index contributed by atoms with van der Waals surface area (Å²) in [6.45, 7) is 0.598. The molecule has 0 radical (unpaired) electrons. The second-order valence-corrected chi connectivity index (χ2v) is 4.89. The number of aromatic nitrogens is 2. The highest BCUT2D eigenvalue weighted by atomic mass is 79.9. The summed E-state index contributed by atoms with van der Waals surface area (Å²) in [5.74, 6) is -0.440. The molecule has 0 atom stereocenters. The van der Waals surface area contributed by atoms with Gasteiger partial charge < -0.3 is 5.32 Å². The molecular weight excluding hydrogens is 311 g/mol. The molecule has 2 aromatic rings. The minimum Gasteiger partial charge on any atom is -0.382 e. The standard InChI is InChI=1S/C13H12BrFN4/c1-19-8-9(7-18-19)4-5-17-11-3-2-10(6-16)12(14)13(11)15/h2-3,7-8,17H,4-5H2,1H3. The maximum absolute atomic E-state index is 13.9. The summed E-state index contributed by atoms with van der Waals surface area (Å²) in [4.78, 5) is 0. The Hall–Kier alpha value is -1.87. The average Bonchev–Trinajstić information content (AvgIpc) is 2.81. The van der Waals surface area contributed by atoms with E-state index in [1.165, 1.54) is 0 Å².